The SMILES string of the molecule is CN(C)c1ccc2c(n1)[nH]c1ccccc12. The Morgan fingerprint density at radius 1 is 1.00 bits per heavy atom. The molecule has 1 N–H and O–H groups in total. The van der Waals surface area contributed by atoms with Crippen molar-refractivity contribution in [3.05, 3.63) is 36.4 Å². The van der Waals surface area contributed by atoms with Crippen molar-refractivity contribution in [3.8, 4) is 0 Å². The highest BCUT2D eigenvalue weighted by Crippen LogP contribution is 2.25. The van der Waals surface area contributed by atoms with Crippen molar-refractivity contribution in [1.82, 2.24) is 9.97 Å². The summed E-state index contributed by atoms with van der Waals surface area (Å²) in [7, 11) is 3.99. The molecule has 0 aliphatic rings. The highest BCUT2D eigenvalue weighted by Gasteiger charge is 2.05. The van der Waals surface area contributed by atoms with Crippen LogP contribution in [0.5, 0.6) is 0 Å². The van der Waals surface area contributed by atoms with E-state index in [2.05, 4.69) is 34.2 Å². The van der Waals surface area contributed by atoms with Crippen molar-refractivity contribution in [2.24, 2.45) is 0 Å². The molecule has 0 fully saturated rings. The fourth-order valence-corrected chi connectivity index (χ4v) is 1.97. The van der Waals surface area contributed by atoms with E-state index in [1.165, 1.54) is 10.8 Å². The molecule has 0 bridgehead atoms. The molecule has 0 aliphatic heterocycles. The maximum atomic E-state index is 4.58. The van der Waals surface area contributed by atoms with Gasteiger partial charge in [-0.1, -0.05) is 18.2 Å². The van der Waals surface area contributed by atoms with Gasteiger partial charge in [-0.25, -0.2) is 4.98 Å². The Hall–Kier alpha value is -2.03. The average molecular weight is 211 g/mol. The summed E-state index contributed by atoms with van der Waals surface area (Å²) >= 11 is 0. The minimum Gasteiger partial charge on any atom is -0.363 e. The number of pyridine rings is 1. The molecule has 1 aromatic carbocycles. The molecule has 2 heterocycles. The van der Waals surface area contributed by atoms with Gasteiger partial charge in [0.25, 0.3) is 0 Å². The Morgan fingerprint density at radius 3 is 2.62 bits per heavy atom. The maximum absolute atomic E-state index is 4.58. The van der Waals surface area contributed by atoms with Crippen LogP contribution in [0.1, 0.15) is 0 Å². The summed E-state index contributed by atoms with van der Waals surface area (Å²) in [6, 6.07) is 12.4. The third kappa shape index (κ3) is 1.25. The van der Waals surface area contributed by atoms with Crippen LogP contribution in [0.4, 0.5) is 5.82 Å². The molecule has 3 aromatic rings. The molecule has 0 unspecified atom stereocenters. The van der Waals surface area contributed by atoms with Gasteiger partial charge >= 0.3 is 0 Å². The van der Waals surface area contributed by atoms with Gasteiger partial charge in [0.1, 0.15) is 11.5 Å². The number of hydrogen-bond donors (Lipinski definition) is 1. The average Bonchev–Trinajstić information content (AvgIpc) is 2.66. The lowest BCUT2D eigenvalue weighted by atomic mass is 10.2. The van der Waals surface area contributed by atoms with Gasteiger partial charge < -0.3 is 9.88 Å². The van der Waals surface area contributed by atoms with Gasteiger partial charge in [0.05, 0.1) is 0 Å². The zero-order chi connectivity index (χ0) is 11.1. The van der Waals surface area contributed by atoms with Gasteiger partial charge in [0.2, 0.25) is 0 Å². The Bertz CT molecular complexity index is 652. The number of fused-ring (bicyclic) bond motifs is 3. The summed E-state index contributed by atoms with van der Waals surface area (Å²) in [4.78, 5) is 9.92. The van der Waals surface area contributed by atoms with E-state index < -0.39 is 0 Å². The van der Waals surface area contributed by atoms with E-state index in [0.717, 1.165) is 17.0 Å². The van der Waals surface area contributed by atoms with Crippen LogP contribution in [0.25, 0.3) is 21.9 Å². The molecule has 2 aromatic heterocycles. The van der Waals surface area contributed by atoms with Crippen molar-refractivity contribution < 1.29 is 0 Å². The number of anilines is 1. The normalized spacial score (nSPS) is 11.1. The number of para-hydroxylation sites is 1. The number of H-pyrrole nitrogens is 1. The van der Waals surface area contributed by atoms with Gasteiger partial charge in [0.15, 0.2) is 0 Å². The monoisotopic (exact) mass is 211 g/mol. The molecule has 3 heteroatoms. The van der Waals surface area contributed by atoms with Crippen LogP contribution in [0.15, 0.2) is 36.4 Å². The molecule has 0 saturated heterocycles. The predicted molar refractivity (Wildman–Crippen MR) is 67.9 cm³/mol. The van der Waals surface area contributed by atoms with Crippen LogP contribution >= 0.6 is 0 Å². The van der Waals surface area contributed by atoms with Gasteiger partial charge in [-0.05, 0) is 18.2 Å². The smallest absolute Gasteiger partial charge is 0.140 e. The standard InChI is InChI=1S/C13H13N3/c1-16(2)12-8-7-10-9-5-3-4-6-11(9)14-13(10)15-12/h3-8H,1-2H3,(H,14,15). The number of aromatic nitrogens is 2. The molecule has 3 rings (SSSR count). The zero-order valence-electron chi connectivity index (χ0n) is 9.36. The molecule has 0 radical (unpaired) electrons. The summed E-state index contributed by atoms with van der Waals surface area (Å²) < 4.78 is 0. The van der Waals surface area contributed by atoms with Crippen LogP contribution in [0.2, 0.25) is 0 Å². The second-order valence-corrected chi connectivity index (χ2v) is 4.13. The first-order valence-electron chi connectivity index (χ1n) is 5.30. The van der Waals surface area contributed by atoms with Crippen LogP contribution in [0, 0.1) is 0 Å². The Morgan fingerprint density at radius 2 is 1.81 bits per heavy atom. The summed E-state index contributed by atoms with van der Waals surface area (Å²) in [5.74, 6) is 0.971. The number of nitrogens with one attached hydrogen (secondary N) is 1. The highest BCUT2D eigenvalue weighted by molar-refractivity contribution is 6.06. The van der Waals surface area contributed by atoms with Crippen molar-refractivity contribution in [2.75, 3.05) is 19.0 Å². The number of aromatic amines is 1. The second kappa shape index (κ2) is 3.23. The molecule has 3 nitrogen and oxygen atoms in total. The highest BCUT2D eigenvalue weighted by atomic mass is 15.1. The Balaban J connectivity index is 2.37. The number of benzene rings is 1. The van der Waals surface area contributed by atoms with Crippen molar-refractivity contribution in [2.45, 2.75) is 0 Å². The van der Waals surface area contributed by atoms with E-state index in [9.17, 15) is 0 Å². The quantitative estimate of drug-likeness (QED) is 0.671. The summed E-state index contributed by atoms with van der Waals surface area (Å²) in [5, 5.41) is 2.41. The first kappa shape index (κ1) is 9.21. The Kier molecular flexibility index (Phi) is 1.86. The molecular formula is C13H13N3. The fraction of sp³-hybridized carbons (Fsp3) is 0.154. The summed E-state index contributed by atoms with van der Waals surface area (Å²) in [6.45, 7) is 0. The zero-order valence-corrected chi connectivity index (χ0v) is 9.36. The van der Waals surface area contributed by atoms with E-state index in [1.54, 1.807) is 0 Å². The van der Waals surface area contributed by atoms with E-state index in [4.69, 9.17) is 0 Å². The molecule has 0 saturated carbocycles. The molecule has 0 atom stereocenters. The molecule has 0 aliphatic carbocycles. The predicted octanol–water partition coefficient (Wildman–Crippen LogP) is 2.78. The maximum Gasteiger partial charge on any atom is 0.140 e. The molecule has 0 amide bonds. The topological polar surface area (TPSA) is 31.9 Å². The fourth-order valence-electron chi connectivity index (χ4n) is 1.97. The van der Waals surface area contributed by atoms with Crippen molar-refractivity contribution in [1.29, 1.82) is 0 Å². The Labute approximate surface area is 93.7 Å². The van der Waals surface area contributed by atoms with Gasteiger partial charge in [-0.15, -0.1) is 0 Å². The van der Waals surface area contributed by atoms with Gasteiger partial charge in [0, 0.05) is 30.4 Å². The lowest BCUT2D eigenvalue weighted by Crippen LogP contribution is -2.10. The van der Waals surface area contributed by atoms with E-state index in [-0.39, 0.29) is 0 Å². The third-order valence-electron chi connectivity index (χ3n) is 2.81. The lowest BCUT2D eigenvalue weighted by Gasteiger charge is -2.10. The van der Waals surface area contributed by atoms with Crippen LogP contribution in [0.3, 0.4) is 0 Å². The third-order valence-corrected chi connectivity index (χ3v) is 2.81. The van der Waals surface area contributed by atoms with Gasteiger partial charge in [-0.2, -0.15) is 0 Å². The molecule has 80 valence electrons. The van der Waals surface area contributed by atoms with E-state index >= 15 is 0 Å². The van der Waals surface area contributed by atoms with E-state index in [0.29, 0.717) is 0 Å². The minimum atomic E-state index is 0.951. The van der Waals surface area contributed by atoms with Crippen LogP contribution in [-0.4, -0.2) is 24.1 Å². The van der Waals surface area contributed by atoms with Crippen LogP contribution in [-0.2, 0) is 0 Å². The summed E-state index contributed by atoms with van der Waals surface area (Å²) in [6.07, 6.45) is 0. The first-order valence-corrected chi connectivity index (χ1v) is 5.30. The summed E-state index contributed by atoms with van der Waals surface area (Å²) in [5.41, 5.74) is 2.09. The largest absolute Gasteiger partial charge is 0.363 e. The number of nitrogens with zero attached hydrogens (tertiary/aromatic N) is 2. The molecule has 16 heavy (non-hydrogen) atoms. The number of hydrogen-bond acceptors (Lipinski definition) is 2. The van der Waals surface area contributed by atoms with Gasteiger partial charge in [-0.3, -0.25) is 0 Å². The van der Waals surface area contributed by atoms with Crippen LogP contribution < -0.4 is 4.90 Å². The van der Waals surface area contributed by atoms with Crippen molar-refractivity contribution in [3.63, 3.8) is 0 Å². The number of rotatable bonds is 1. The first-order chi connectivity index (χ1) is 7.75. The van der Waals surface area contributed by atoms with E-state index in [1.807, 2.05) is 31.1 Å². The second-order valence-electron chi connectivity index (χ2n) is 4.13. The molecule has 0 spiro atoms. The lowest BCUT2D eigenvalue weighted by molar-refractivity contribution is 1.08. The van der Waals surface area contributed by atoms with Crippen molar-refractivity contribution >= 4 is 27.8 Å². The minimum absolute atomic E-state index is 0.951. The molecular weight excluding hydrogens is 198 g/mol.